The molecule has 0 saturated carbocycles. The molecule has 30 heavy (non-hydrogen) atoms. The minimum Gasteiger partial charge on any atom is -0.308 e. The Morgan fingerprint density at radius 2 is 1.50 bits per heavy atom. The van der Waals surface area contributed by atoms with Gasteiger partial charge in [0, 0.05) is 23.2 Å². The fourth-order valence-electron chi connectivity index (χ4n) is 3.76. The van der Waals surface area contributed by atoms with Gasteiger partial charge in [0.1, 0.15) is 11.2 Å². The molecule has 5 aromatic rings. The Kier molecular flexibility index (Phi) is 4.26. The van der Waals surface area contributed by atoms with Gasteiger partial charge in [0.15, 0.2) is 0 Å². The Hall–Kier alpha value is -3.70. The quantitative estimate of drug-likeness (QED) is 0.401. The molecular formula is C24H16ClN3O2. The highest BCUT2D eigenvalue weighted by Crippen LogP contribution is 2.31. The van der Waals surface area contributed by atoms with Gasteiger partial charge in [-0.25, -0.2) is 4.52 Å². The summed E-state index contributed by atoms with van der Waals surface area (Å²) in [4.78, 5) is 26.7. The SMILES string of the molecule is Cn1c(=O)c2c(-c3ccc(Cl)cc3)c(C(=O)c3ccccc3)nn2c2ccccc21. The second-order valence-electron chi connectivity index (χ2n) is 7.04. The molecule has 2 heterocycles. The van der Waals surface area contributed by atoms with Crippen LogP contribution in [0.1, 0.15) is 16.1 Å². The number of carbonyl (C=O) groups excluding carboxylic acids is 1. The van der Waals surface area contributed by atoms with Gasteiger partial charge in [-0.05, 0) is 29.8 Å². The largest absolute Gasteiger partial charge is 0.308 e. The minimum absolute atomic E-state index is 0.224. The number of hydrogen-bond donors (Lipinski definition) is 0. The first-order valence-corrected chi connectivity index (χ1v) is 9.80. The summed E-state index contributed by atoms with van der Waals surface area (Å²) in [6, 6.07) is 23.5. The van der Waals surface area contributed by atoms with Crippen molar-refractivity contribution < 1.29 is 4.79 Å². The van der Waals surface area contributed by atoms with Gasteiger partial charge in [-0.1, -0.05) is 66.2 Å². The van der Waals surface area contributed by atoms with E-state index in [1.165, 1.54) is 0 Å². The van der Waals surface area contributed by atoms with E-state index in [1.807, 2.05) is 30.3 Å². The van der Waals surface area contributed by atoms with Crippen LogP contribution >= 0.6 is 11.6 Å². The summed E-state index contributed by atoms with van der Waals surface area (Å²) >= 11 is 6.07. The molecule has 5 nitrogen and oxygen atoms in total. The zero-order chi connectivity index (χ0) is 20.8. The summed E-state index contributed by atoms with van der Waals surface area (Å²) < 4.78 is 3.17. The molecule has 0 aliphatic heterocycles. The van der Waals surface area contributed by atoms with Gasteiger partial charge >= 0.3 is 0 Å². The molecule has 0 bridgehead atoms. The van der Waals surface area contributed by atoms with E-state index in [4.69, 9.17) is 11.6 Å². The molecule has 146 valence electrons. The maximum absolute atomic E-state index is 13.4. The lowest BCUT2D eigenvalue weighted by atomic mass is 9.99. The number of carbonyl (C=O) groups is 1. The Morgan fingerprint density at radius 1 is 0.867 bits per heavy atom. The first kappa shape index (κ1) is 18.3. The van der Waals surface area contributed by atoms with Crippen LogP contribution in [0.4, 0.5) is 0 Å². The molecule has 0 aliphatic rings. The number of ketones is 1. The van der Waals surface area contributed by atoms with Crippen LogP contribution in [-0.4, -0.2) is 20.0 Å². The van der Waals surface area contributed by atoms with Crippen LogP contribution in [0.25, 0.3) is 27.7 Å². The van der Waals surface area contributed by atoms with Gasteiger partial charge in [-0.2, -0.15) is 5.10 Å². The number of para-hydroxylation sites is 2. The molecule has 0 saturated heterocycles. The van der Waals surface area contributed by atoms with E-state index in [0.717, 1.165) is 11.0 Å². The number of fused-ring (bicyclic) bond motifs is 3. The molecule has 5 rings (SSSR count). The first-order valence-electron chi connectivity index (χ1n) is 9.42. The molecule has 0 fully saturated rings. The van der Waals surface area contributed by atoms with Crippen molar-refractivity contribution in [3.8, 4) is 11.1 Å². The number of benzene rings is 3. The van der Waals surface area contributed by atoms with Crippen LogP contribution in [0.15, 0.2) is 83.7 Å². The summed E-state index contributed by atoms with van der Waals surface area (Å²) in [5.74, 6) is -0.240. The van der Waals surface area contributed by atoms with E-state index >= 15 is 0 Å². The fourth-order valence-corrected chi connectivity index (χ4v) is 3.89. The smallest absolute Gasteiger partial charge is 0.277 e. The maximum Gasteiger partial charge on any atom is 0.277 e. The summed E-state index contributed by atoms with van der Waals surface area (Å²) in [6.07, 6.45) is 0. The molecule has 6 heteroatoms. The number of hydrogen-bond acceptors (Lipinski definition) is 3. The van der Waals surface area contributed by atoms with E-state index < -0.39 is 0 Å². The minimum atomic E-state index is -0.240. The van der Waals surface area contributed by atoms with E-state index in [-0.39, 0.29) is 17.0 Å². The van der Waals surface area contributed by atoms with E-state index in [9.17, 15) is 9.59 Å². The van der Waals surface area contributed by atoms with Crippen molar-refractivity contribution in [3.63, 3.8) is 0 Å². The normalized spacial score (nSPS) is 11.3. The van der Waals surface area contributed by atoms with Gasteiger partial charge in [0.2, 0.25) is 5.78 Å². The fraction of sp³-hybridized carbons (Fsp3) is 0.0417. The number of halogens is 1. The monoisotopic (exact) mass is 413 g/mol. The van der Waals surface area contributed by atoms with Gasteiger partial charge in [0.25, 0.3) is 5.56 Å². The van der Waals surface area contributed by atoms with E-state index in [1.54, 1.807) is 64.7 Å². The van der Waals surface area contributed by atoms with Crippen LogP contribution in [0.3, 0.4) is 0 Å². The van der Waals surface area contributed by atoms with Crippen LogP contribution in [0, 0.1) is 0 Å². The topological polar surface area (TPSA) is 56.4 Å². The number of aromatic nitrogens is 3. The van der Waals surface area contributed by atoms with Crippen molar-refractivity contribution in [1.82, 2.24) is 14.2 Å². The second-order valence-corrected chi connectivity index (χ2v) is 7.48. The Balaban J connectivity index is 1.94. The lowest BCUT2D eigenvalue weighted by molar-refractivity contribution is 0.103. The summed E-state index contributed by atoms with van der Waals surface area (Å²) in [5, 5.41) is 5.21. The molecule has 0 atom stereocenters. The first-order chi connectivity index (χ1) is 14.6. The predicted molar refractivity (Wildman–Crippen MR) is 118 cm³/mol. The third-order valence-electron chi connectivity index (χ3n) is 5.25. The third-order valence-corrected chi connectivity index (χ3v) is 5.50. The molecule has 0 unspecified atom stereocenters. The Bertz CT molecular complexity index is 1480. The van der Waals surface area contributed by atoms with Crippen molar-refractivity contribution in [2.45, 2.75) is 0 Å². The number of aryl methyl sites for hydroxylation is 1. The van der Waals surface area contributed by atoms with Gasteiger partial charge in [-0.15, -0.1) is 0 Å². The van der Waals surface area contributed by atoms with E-state index in [0.29, 0.717) is 27.2 Å². The average molecular weight is 414 g/mol. The summed E-state index contributed by atoms with van der Waals surface area (Å²) in [5.41, 5.74) is 3.58. The number of nitrogens with zero attached hydrogens (tertiary/aromatic N) is 3. The standard InChI is InChI=1S/C24H16ClN3O2/c1-27-18-9-5-6-10-19(18)28-22(24(27)30)20(15-11-13-17(25)14-12-15)21(26-28)23(29)16-7-3-2-4-8-16/h2-14H,1H3. The van der Waals surface area contributed by atoms with Crippen molar-refractivity contribution in [1.29, 1.82) is 0 Å². The average Bonchev–Trinajstić information content (AvgIpc) is 3.19. The van der Waals surface area contributed by atoms with E-state index in [2.05, 4.69) is 5.10 Å². The lowest BCUT2D eigenvalue weighted by Gasteiger charge is -2.08. The molecule has 0 aliphatic carbocycles. The molecule has 0 radical (unpaired) electrons. The molecule has 0 amide bonds. The van der Waals surface area contributed by atoms with Crippen molar-refractivity contribution >= 4 is 33.9 Å². The third kappa shape index (κ3) is 2.75. The predicted octanol–water partition coefficient (Wildman–Crippen LogP) is 4.74. The highest BCUT2D eigenvalue weighted by Gasteiger charge is 2.25. The second kappa shape index (κ2) is 6.97. The zero-order valence-corrected chi connectivity index (χ0v) is 16.8. The van der Waals surface area contributed by atoms with Crippen molar-refractivity contribution in [3.05, 3.63) is 105 Å². The summed E-state index contributed by atoms with van der Waals surface area (Å²) in [7, 11) is 1.72. The maximum atomic E-state index is 13.4. The highest BCUT2D eigenvalue weighted by molar-refractivity contribution is 6.30. The zero-order valence-electron chi connectivity index (χ0n) is 16.0. The van der Waals surface area contributed by atoms with Crippen molar-refractivity contribution in [2.24, 2.45) is 7.05 Å². The molecular weight excluding hydrogens is 398 g/mol. The summed E-state index contributed by atoms with van der Waals surface area (Å²) in [6.45, 7) is 0. The van der Waals surface area contributed by atoms with Crippen LogP contribution in [-0.2, 0) is 7.05 Å². The molecule has 0 N–H and O–H groups in total. The molecule has 2 aromatic heterocycles. The Labute approximate surface area is 176 Å². The lowest BCUT2D eigenvalue weighted by Crippen LogP contribution is -2.20. The molecule has 3 aromatic carbocycles. The van der Waals surface area contributed by atoms with Crippen LogP contribution < -0.4 is 5.56 Å². The Morgan fingerprint density at radius 3 is 2.20 bits per heavy atom. The van der Waals surface area contributed by atoms with Gasteiger partial charge in [-0.3, -0.25) is 9.59 Å². The van der Waals surface area contributed by atoms with Gasteiger partial charge in [0.05, 0.1) is 11.0 Å². The van der Waals surface area contributed by atoms with Crippen molar-refractivity contribution in [2.75, 3.05) is 0 Å². The van der Waals surface area contributed by atoms with Gasteiger partial charge < -0.3 is 4.57 Å². The highest BCUT2D eigenvalue weighted by atomic mass is 35.5. The molecule has 0 spiro atoms. The van der Waals surface area contributed by atoms with Crippen LogP contribution in [0.5, 0.6) is 0 Å². The number of rotatable bonds is 3. The van der Waals surface area contributed by atoms with Crippen LogP contribution in [0.2, 0.25) is 5.02 Å².